The van der Waals surface area contributed by atoms with Crippen LogP contribution in [0, 0.1) is 5.41 Å². The topological polar surface area (TPSA) is 49.9 Å². The zero-order valence-corrected chi connectivity index (χ0v) is 14.6. The van der Waals surface area contributed by atoms with Gasteiger partial charge in [-0.05, 0) is 28.2 Å². The van der Waals surface area contributed by atoms with E-state index in [1.807, 2.05) is 23.6 Å². The molecule has 0 spiro atoms. The molecule has 0 amide bonds. The predicted molar refractivity (Wildman–Crippen MR) is 108 cm³/mol. The van der Waals surface area contributed by atoms with Crippen molar-refractivity contribution in [1.29, 1.82) is 5.41 Å². The van der Waals surface area contributed by atoms with Gasteiger partial charge in [0.05, 0.1) is 4.75 Å². The second kappa shape index (κ2) is 7.86. The molecule has 3 rings (SSSR count). The van der Waals surface area contributed by atoms with Crippen molar-refractivity contribution >= 4 is 17.6 Å². The van der Waals surface area contributed by atoms with Crippen LogP contribution in [0.2, 0.25) is 0 Å². The molecule has 0 saturated carbocycles. The van der Waals surface area contributed by atoms with Gasteiger partial charge in [0.2, 0.25) is 0 Å². The maximum Gasteiger partial charge on any atom is 0.115 e. The largest absolute Gasteiger partial charge is 0.384 e. The van der Waals surface area contributed by atoms with Crippen LogP contribution in [0.5, 0.6) is 0 Å². The molecule has 0 bridgehead atoms. The van der Waals surface area contributed by atoms with Gasteiger partial charge >= 0.3 is 0 Å². The van der Waals surface area contributed by atoms with E-state index in [0.29, 0.717) is 0 Å². The fourth-order valence-corrected chi connectivity index (χ4v) is 4.17. The summed E-state index contributed by atoms with van der Waals surface area (Å²) in [5.41, 5.74) is 9.08. The Morgan fingerprint density at radius 3 is 1.40 bits per heavy atom. The minimum absolute atomic E-state index is 0.0515. The molecule has 0 heterocycles. The molecule has 0 aliphatic rings. The third-order valence-electron chi connectivity index (χ3n) is 4.03. The van der Waals surface area contributed by atoms with Crippen molar-refractivity contribution in [2.75, 3.05) is 0 Å². The van der Waals surface area contributed by atoms with Gasteiger partial charge in [0.15, 0.2) is 0 Å². The van der Waals surface area contributed by atoms with Crippen molar-refractivity contribution in [3.05, 3.63) is 119 Å². The van der Waals surface area contributed by atoms with E-state index in [9.17, 15) is 0 Å². The van der Waals surface area contributed by atoms with Gasteiger partial charge in [-0.15, -0.1) is 11.8 Å². The Labute approximate surface area is 152 Å². The Bertz CT molecular complexity index is 746. The van der Waals surface area contributed by atoms with Crippen LogP contribution in [-0.4, -0.2) is 5.84 Å². The van der Waals surface area contributed by atoms with Crippen LogP contribution >= 0.6 is 11.8 Å². The first-order chi connectivity index (χ1) is 12.2. The van der Waals surface area contributed by atoms with E-state index >= 15 is 0 Å². The van der Waals surface area contributed by atoms with Gasteiger partial charge in [-0.2, -0.15) is 0 Å². The molecule has 3 aromatic carbocycles. The summed E-state index contributed by atoms with van der Waals surface area (Å²) in [5, 5.41) is 9.41. The average molecular weight is 344 g/mol. The predicted octanol–water partition coefficient (Wildman–Crippen LogP) is 5.16. The molecule has 2 nitrogen and oxygen atoms in total. The van der Waals surface area contributed by atoms with Gasteiger partial charge in [-0.1, -0.05) is 91.0 Å². The quantitative estimate of drug-likeness (QED) is 0.368. The molecule has 0 aliphatic carbocycles. The molecule has 124 valence electrons. The SMILES string of the molecule is N=C(N)/C=C/SC(c1ccccc1)(c1ccccc1)c1ccccc1. The zero-order chi connectivity index (χ0) is 17.5. The molecule has 0 aromatic heterocycles. The van der Waals surface area contributed by atoms with Crippen LogP contribution in [0.1, 0.15) is 16.7 Å². The maximum atomic E-state index is 7.49. The van der Waals surface area contributed by atoms with Crippen LogP contribution in [0.15, 0.2) is 102 Å². The second-order valence-electron chi connectivity index (χ2n) is 5.66. The number of nitrogens with one attached hydrogen (secondary N) is 1. The molecule has 3 aromatic rings. The van der Waals surface area contributed by atoms with Crippen molar-refractivity contribution in [2.24, 2.45) is 5.73 Å². The number of amidine groups is 1. The average Bonchev–Trinajstić information content (AvgIpc) is 2.67. The number of rotatable bonds is 6. The smallest absolute Gasteiger partial charge is 0.115 e. The summed E-state index contributed by atoms with van der Waals surface area (Å²) >= 11 is 1.66. The summed E-state index contributed by atoms with van der Waals surface area (Å²) in [6, 6.07) is 31.3. The molecule has 3 heteroatoms. The summed E-state index contributed by atoms with van der Waals surface area (Å²) < 4.78 is -0.407. The number of thioether (sulfide) groups is 1. The molecule has 0 saturated heterocycles. The van der Waals surface area contributed by atoms with Crippen molar-refractivity contribution in [3.63, 3.8) is 0 Å². The Balaban J connectivity index is 2.25. The minimum Gasteiger partial charge on any atom is -0.384 e. The van der Waals surface area contributed by atoms with Gasteiger partial charge < -0.3 is 5.73 Å². The van der Waals surface area contributed by atoms with Crippen LogP contribution in [0.4, 0.5) is 0 Å². The Hall–Kier alpha value is -2.78. The normalized spacial score (nSPS) is 11.5. The van der Waals surface area contributed by atoms with E-state index in [0.717, 1.165) is 0 Å². The van der Waals surface area contributed by atoms with Gasteiger partial charge in [0.25, 0.3) is 0 Å². The first kappa shape index (κ1) is 17.1. The Kier molecular flexibility index (Phi) is 5.36. The minimum atomic E-state index is -0.407. The van der Waals surface area contributed by atoms with E-state index in [-0.39, 0.29) is 5.84 Å². The number of benzene rings is 3. The maximum absolute atomic E-state index is 7.49. The summed E-state index contributed by atoms with van der Waals surface area (Å²) in [7, 11) is 0. The van der Waals surface area contributed by atoms with E-state index in [1.165, 1.54) is 16.7 Å². The lowest BCUT2D eigenvalue weighted by Crippen LogP contribution is -2.25. The highest BCUT2D eigenvalue weighted by Crippen LogP contribution is 2.48. The molecular weight excluding hydrogens is 324 g/mol. The third-order valence-corrected chi connectivity index (χ3v) is 5.37. The molecule has 0 atom stereocenters. The second-order valence-corrected chi connectivity index (χ2v) is 6.78. The Morgan fingerprint density at radius 1 is 0.720 bits per heavy atom. The Morgan fingerprint density at radius 2 is 1.08 bits per heavy atom. The monoisotopic (exact) mass is 344 g/mol. The standard InChI is InChI=1S/C22H20N2S/c23-21(24)16-17-25-22(18-10-4-1-5-11-18,19-12-6-2-7-13-19)20-14-8-3-9-15-20/h1-17H,(H3,23,24)/b17-16+. The molecule has 0 fully saturated rings. The van der Waals surface area contributed by atoms with Gasteiger partial charge in [-0.3, -0.25) is 5.41 Å². The summed E-state index contributed by atoms with van der Waals surface area (Å²) in [4.78, 5) is 0. The number of nitrogens with two attached hydrogens (primary N) is 1. The fraction of sp³-hybridized carbons (Fsp3) is 0.0455. The van der Waals surface area contributed by atoms with Gasteiger partial charge in [0.1, 0.15) is 5.84 Å². The lowest BCUT2D eigenvalue weighted by Gasteiger charge is -2.34. The molecular formula is C22H20N2S. The van der Waals surface area contributed by atoms with Crippen molar-refractivity contribution < 1.29 is 0 Å². The van der Waals surface area contributed by atoms with Crippen molar-refractivity contribution in [1.82, 2.24) is 0 Å². The highest BCUT2D eigenvalue weighted by Gasteiger charge is 2.36. The summed E-state index contributed by atoms with van der Waals surface area (Å²) in [5.74, 6) is 0.0515. The first-order valence-corrected chi connectivity index (χ1v) is 8.96. The highest BCUT2D eigenvalue weighted by molar-refractivity contribution is 8.03. The van der Waals surface area contributed by atoms with Crippen LogP contribution in [-0.2, 0) is 4.75 Å². The van der Waals surface area contributed by atoms with E-state index < -0.39 is 4.75 Å². The lowest BCUT2D eigenvalue weighted by molar-refractivity contribution is 0.900. The zero-order valence-electron chi connectivity index (χ0n) is 13.8. The van der Waals surface area contributed by atoms with Crippen LogP contribution < -0.4 is 5.73 Å². The fourth-order valence-electron chi connectivity index (χ4n) is 2.93. The molecule has 0 radical (unpaired) electrons. The van der Waals surface area contributed by atoms with Crippen LogP contribution in [0.3, 0.4) is 0 Å². The number of hydrogen-bond acceptors (Lipinski definition) is 2. The molecule has 3 N–H and O–H groups in total. The lowest BCUT2D eigenvalue weighted by atomic mass is 9.84. The summed E-state index contributed by atoms with van der Waals surface area (Å²) in [6.45, 7) is 0. The molecule has 0 aliphatic heterocycles. The summed E-state index contributed by atoms with van der Waals surface area (Å²) in [6.07, 6.45) is 1.63. The third kappa shape index (κ3) is 3.67. The van der Waals surface area contributed by atoms with E-state index in [1.54, 1.807) is 17.8 Å². The van der Waals surface area contributed by atoms with Gasteiger partial charge in [-0.25, -0.2) is 0 Å². The van der Waals surface area contributed by atoms with E-state index in [2.05, 4.69) is 72.8 Å². The van der Waals surface area contributed by atoms with E-state index in [4.69, 9.17) is 11.1 Å². The first-order valence-electron chi connectivity index (χ1n) is 8.08. The highest BCUT2D eigenvalue weighted by atomic mass is 32.2. The molecule has 25 heavy (non-hydrogen) atoms. The molecule has 0 unspecified atom stereocenters. The number of hydrogen-bond donors (Lipinski definition) is 2. The van der Waals surface area contributed by atoms with Crippen molar-refractivity contribution in [3.8, 4) is 0 Å². The van der Waals surface area contributed by atoms with Crippen molar-refractivity contribution in [2.45, 2.75) is 4.75 Å². The van der Waals surface area contributed by atoms with Gasteiger partial charge in [0, 0.05) is 0 Å². The van der Waals surface area contributed by atoms with Crippen LogP contribution in [0.25, 0.3) is 0 Å².